The number of carbonyl (C=O) groups is 2. The molecule has 3 nitrogen and oxygen atoms in total. The Morgan fingerprint density at radius 3 is 2.94 bits per heavy atom. The molecular formula is C13H20O3. The summed E-state index contributed by atoms with van der Waals surface area (Å²) in [5.41, 5.74) is 0. The highest BCUT2D eigenvalue weighted by Gasteiger charge is 2.34. The molecule has 3 heteroatoms. The summed E-state index contributed by atoms with van der Waals surface area (Å²) in [5, 5.41) is 0. The zero-order chi connectivity index (χ0) is 12.0. The predicted molar refractivity (Wildman–Crippen MR) is 61.9 cm³/mol. The third kappa shape index (κ3) is 3.47. The molecule has 0 saturated heterocycles. The summed E-state index contributed by atoms with van der Waals surface area (Å²) in [5.74, 6) is 0.133. The zero-order valence-electron chi connectivity index (χ0n) is 10.1. The van der Waals surface area contributed by atoms with E-state index in [1.807, 2.05) is 6.08 Å². The first-order chi connectivity index (χ1) is 7.69. The lowest BCUT2D eigenvalue weighted by atomic mass is 9.92. The molecule has 1 aliphatic rings. The lowest BCUT2D eigenvalue weighted by Crippen LogP contribution is -2.16. The molecule has 0 amide bonds. The van der Waals surface area contributed by atoms with Gasteiger partial charge >= 0.3 is 5.97 Å². The molecule has 0 N–H and O–H groups in total. The second kappa shape index (κ2) is 6.46. The first-order valence-electron chi connectivity index (χ1n) is 5.95. The molecule has 1 rings (SSSR count). The van der Waals surface area contributed by atoms with Crippen molar-refractivity contribution >= 4 is 11.8 Å². The molecule has 0 spiro atoms. The topological polar surface area (TPSA) is 43.4 Å². The molecule has 90 valence electrons. The average molecular weight is 224 g/mol. The van der Waals surface area contributed by atoms with Crippen molar-refractivity contribution in [1.82, 2.24) is 0 Å². The van der Waals surface area contributed by atoms with Crippen LogP contribution in [0, 0.1) is 11.8 Å². The maximum absolute atomic E-state index is 11.6. The quantitative estimate of drug-likeness (QED) is 0.532. The van der Waals surface area contributed by atoms with Gasteiger partial charge in [-0.1, -0.05) is 25.5 Å². The highest BCUT2D eigenvalue weighted by Crippen LogP contribution is 2.32. The average Bonchev–Trinajstić information content (AvgIpc) is 2.61. The lowest BCUT2D eigenvalue weighted by Gasteiger charge is -2.13. The van der Waals surface area contributed by atoms with E-state index in [4.69, 9.17) is 0 Å². The van der Waals surface area contributed by atoms with E-state index >= 15 is 0 Å². The Morgan fingerprint density at radius 1 is 1.56 bits per heavy atom. The number of ether oxygens (including phenoxy) is 1. The van der Waals surface area contributed by atoms with Crippen LogP contribution in [0.1, 0.15) is 39.0 Å². The maximum atomic E-state index is 11.6. The van der Waals surface area contributed by atoms with Gasteiger partial charge in [0.05, 0.1) is 7.11 Å². The lowest BCUT2D eigenvalue weighted by molar-refractivity contribution is -0.141. The van der Waals surface area contributed by atoms with Crippen LogP contribution in [0.5, 0.6) is 0 Å². The van der Waals surface area contributed by atoms with Gasteiger partial charge in [-0.05, 0) is 18.8 Å². The summed E-state index contributed by atoms with van der Waals surface area (Å²) >= 11 is 0. The second-order valence-corrected chi connectivity index (χ2v) is 4.29. The van der Waals surface area contributed by atoms with Crippen molar-refractivity contribution in [3.8, 4) is 0 Å². The van der Waals surface area contributed by atoms with Gasteiger partial charge in [0, 0.05) is 18.8 Å². The Balaban J connectivity index is 2.55. The van der Waals surface area contributed by atoms with E-state index in [0.29, 0.717) is 12.8 Å². The molecule has 16 heavy (non-hydrogen) atoms. The molecule has 2 atom stereocenters. The third-order valence-corrected chi connectivity index (χ3v) is 3.10. The first kappa shape index (κ1) is 12.9. The summed E-state index contributed by atoms with van der Waals surface area (Å²) in [7, 11) is 1.39. The number of hydrogen-bond donors (Lipinski definition) is 0. The van der Waals surface area contributed by atoms with Crippen molar-refractivity contribution < 1.29 is 14.3 Å². The molecule has 2 unspecified atom stereocenters. The number of esters is 1. The molecule has 0 heterocycles. The standard InChI is InChI=1S/C13H20O3/c1-3-4-5-6-11-10(7-8-12(11)14)9-13(15)16-2/h5-6,10-11H,3-4,7-9H2,1-2H3. The monoisotopic (exact) mass is 224 g/mol. The molecule has 0 aliphatic heterocycles. The van der Waals surface area contributed by atoms with Gasteiger partial charge in [-0.2, -0.15) is 0 Å². The van der Waals surface area contributed by atoms with Crippen LogP contribution in [0.3, 0.4) is 0 Å². The van der Waals surface area contributed by atoms with Crippen LogP contribution < -0.4 is 0 Å². The number of methoxy groups -OCH3 is 1. The zero-order valence-corrected chi connectivity index (χ0v) is 10.1. The summed E-state index contributed by atoms with van der Waals surface area (Å²) in [6.07, 6.45) is 7.89. The molecule has 1 fully saturated rings. The second-order valence-electron chi connectivity index (χ2n) is 4.29. The van der Waals surface area contributed by atoms with Gasteiger partial charge in [0.1, 0.15) is 5.78 Å². The van der Waals surface area contributed by atoms with Gasteiger partial charge in [-0.15, -0.1) is 0 Å². The van der Waals surface area contributed by atoms with Gasteiger partial charge in [-0.3, -0.25) is 9.59 Å². The van der Waals surface area contributed by atoms with Crippen LogP contribution in [-0.4, -0.2) is 18.9 Å². The molecule has 0 radical (unpaired) electrons. The number of ketones is 1. The van der Waals surface area contributed by atoms with E-state index in [1.54, 1.807) is 0 Å². The van der Waals surface area contributed by atoms with Crippen molar-refractivity contribution in [2.45, 2.75) is 39.0 Å². The fourth-order valence-electron chi connectivity index (χ4n) is 2.14. The Bertz CT molecular complexity index is 281. The number of rotatable bonds is 5. The number of unbranched alkanes of at least 4 members (excludes halogenated alkanes) is 1. The molecular weight excluding hydrogens is 204 g/mol. The minimum absolute atomic E-state index is 0.0642. The number of Topliss-reactive ketones (excluding diaryl/α,β-unsaturated/α-hetero) is 1. The van der Waals surface area contributed by atoms with Gasteiger partial charge in [-0.25, -0.2) is 0 Å². The van der Waals surface area contributed by atoms with Crippen molar-refractivity contribution in [3.63, 3.8) is 0 Å². The summed E-state index contributed by atoms with van der Waals surface area (Å²) in [4.78, 5) is 22.8. The predicted octanol–water partition coefficient (Wildman–Crippen LogP) is 2.50. The Labute approximate surface area is 96.9 Å². The van der Waals surface area contributed by atoms with Crippen LogP contribution in [0.4, 0.5) is 0 Å². The van der Waals surface area contributed by atoms with Crippen LogP contribution in [0.2, 0.25) is 0 Å². The third-order valence-electron chi connectivity index (χ3n) is 3.10. The molecule has 0 aromatic rings. The first-order valence-corrected chi connectivity index (χ1v) is 5.95. The molecule has 1 aliphatic carbocycles. The number of carbonyl (C=O) groups excluding carboxylic acids is 2. The Morgan fingerprint density at radius 2 is 2.31 bits per heavy atom. The van der Waals surface area contributed by atoms with Crippen LogP contribution >= 0.6 is 0 Å². The van der Waals surface area contributed by atoms with E-state index in [-0.39, 0.29) is 23.6 Å². The van der Waals surface area contributed by atoms with Crippen LogP contribution in [-0.2, 0) is 14.3 Å². The summed E-state index contributed by atoms with van der Waals surface area (Å²) in [6.45, 7) is 2.10. The van der Waals surface area contributed by atoms with Gasteiger partial charge in [0.2, 0.25) is 0 Å². The van der Waals surface area contributed by atoms with Gasteiger partial charge in [0.15, 0.2) is 0 Å². The molecule has 0 aromatic heterocycles. The van der Waals surface area contributed by atoms with Gasteiger partial charge < -0.3 is 4.74 Å². The normalized spacial score (nSPS) is 25.2. The number of allylic oxidation sites excluding steroid dienone is 2. The molecule has 0 aromatic carbocycles. The van der Waals surface area contributed by atoms with Crippen molar-refractivity contribution in [3.05, 3.63) is 12.2 Å². The number of hydrogen-bond acceptors (Lipinski definition) is 3. The van der Waals surface area contributed by atoms with Crippen molar-refractivity contribution in [2.75, 3.05) is 7.11 Å². The fraction of sp³-hybridized carbons (Fsp3) is 0.692. The highest BCUT2D eigenvalue weighted by molar-refractivity contribution is 5.86. The largest absolute Gasteiger partial charge is 0.469 e. The van der Waals surface area contributed by atoms with Crippen molar-refractivity contribution in [1.29, 1.82) is 0 Å². The SMILES string of the molecule is CCCC=CC1C(=O)CCC1CC(=O)OC. The molecule has 0 bridgehead atoms. The Hall–Kier alpha value is -1.12. The van der Waals surface area contributed by atoms with E-state index in [9.17, 15) is 9.59 Å². The fourth-order valence-corrected chi connectivity index (χ4v) is 2.14. The minimum atomic E-state index is -0.214. The van der Waals surface area contributed by atoms with Crippen molar-refractivity contribution in [2.24, 2.45) is 11.8 Å². The summed E-state index contributed by atoms with van der Waals surface area (Å²) in [6, 6.07) is 0. The van der Waals surface area contributed by atoms with E-state index in [1.165, 1.54) is 7.11 Å². The van der Waals surface area contributed by atoms with E-state index in [2.05, 4.69) is 17.7 Å². The van der Waals surface area contributed by atoms with Crippen LogP contribution in [0.15, 0.2) is 12.2 Å². The van der Waals surface area contributed by atoms with Crippen LogP contribution in [0.25, 0.3) is 0 Å². The maximum Gasteiger partial charge on any atom is 0.305 e. The van der Waals surface area contributed by atoms with E-state index in [0.717, 1.165) is 19.3 Å². The minimum Gasteiger partial charge on any atom is -0.469 e. The smallest absolute Gasteiger partial charge is 0.305 e. The van der Waals surface area contributed by atoms with E-state index < -0.39 is 0 Å². The van der Waals surface area contributed by atoms with Gasteiger partial charge in [0.25, 0.3) is 0 Å². The Kier molecular flexibility index (Phi) is 5.23. The highest BCUT2D eigenvalue weighted by atomic mass is 16.5. The molecule has 1 saturated carbocycles. The summed E-state index contributed by atoms with van der Waals surface area (Å²) < 4.78 is 4.65.